The zero-order valence-electron chi connectivity index (χ0n) is 16.4. The zero-order chi connectivity index (χ0) is 21.0. The number of primary amides is 1. The quantitative estimate of drug-likeness (QED) is 0.594. The molecule has 0 bridgehead atoms. The minimum atomic E-state index is -0.647. The number of likely N-dealkylation sites (N-methyl/N-ethyl adjacent to an activating group) is 1. The summed E-state index contributed by atoms with van der Waals surface area (Å²) >= 11 is 0. The Morgan fingerprint density at radius 2 is 1.68 bits per heavy atom. The van der Waals surface area contributed by atoms with Gasteiger partial charge in [-0.1, -0.05) is 12.1 Å². The molecule has 146 valence electrons. The summed E-state index contributed by atoms with van der Waals surface area (Å²) in [7, 11) is 3.23. The van der Waals surface area contributed by atoms with Crippen LogP contribution in [0.4, 0.5) is 0 Å². The number of ketones is 1. The normalized spacial score (nSPS) is 10.9. The molecule has 2 aromatic rings. The van der Waals surface area contributed by atoms with Gasteiger partial charge in [-0.3, -0.25) is 14.4 Å². The van der Waals surface area contributed by atoms with E-state index >= 15 is 0 Å². The maximum Gasteiger partial charge on any atom is 0.248 e. The number of phenolic OH excluding ortho intramolecular Hbond substituents is 1. The number of carbonyl (C=O) groups is 3. The molecule has 2 amide bonds. The molecule has 0 heterocycles. The van der Waals surface area contributed by atoms with Crippen LogP contribution in [-0.2, 0) is 11.2 Å². The summed E-state index contributed by atoms with van der Waals surface area (Å²) in [6.45, 7) is 3.58. The molecule has 0 atom stereocenters. The van der Waals surface area contributed by atoms with Crippen LogP contribution in [-0.4, -0.2) is 41.7 Å². The molecule has 0 aromatic heterocycles. The van der Waals surface area contributed by atoms with Crippen molar-refractivity contribution < 1.29 is 19.5 Å². The number of amides is 2. The molecule has 6 nitrogen and oxygen atoms in total. The van der Waals surface area contributed by atoms with Crippen molar-refractivity contribution >= 4 is 23.7 Å². The van der Waals surface area contributed by atoms with Crippen LogP contribution in [0.3, 0.4) is 0 Å². The predicted molar refractivity (Wildman–Crippen MR) is 108 cm³/mol. The average Bonchev–Trinajstić information content (AvgIpc) is 2.63. The molecule has 28 heavy (non-hydrogen) atoms. The number of aromatic hydroxyl groups is 1. The highest BCUT2D eigenvalue weighted by atomic mass is 16.3. The van der Waals surface area contributed by atoms with Crippen molar-refractivity contribution in [3.05, 3.63) is 69.8 Å². The number of carbonyl (C=O) groups excluding carboxylic acids is 3. The van der Waals surface area contributed by atoms with E-state index < -0.39 is 5.91 Å². The number of hydrogen-bond donors (Lipinski definition) is 2. The lowest BCUT2D eigenvalue weighted by molar-refractivity contribution is -0.127. The van der Waals surface area contributed by atoms with Gasteiger partial charge in [0.05, 0.1) is 6.42 Å². The van der Waals surface area contributed by atoms with Gasteiger partial charge in [0.25, 0.3) is 0 Å². The molecular formula is C22H24N2O4. The Morgan fingerprint density at radius 1 is 1.07 bits per heavy atom. The lowest BCUT2D eigenvalue weighted by Crippen LogP contribution is -2.25. The van der Waals surface area contributed by atoms with Gasteiger partial charge < -0.3 is 15.7 Å². The van der Waals surface area contributed by atoms with E-state index in [9.17, 15) is 19.5 Å². The van der Waals surface area contributed by atoms with Gasteiger partial charge in [0.15, 0.2) is 5.78 Å². The van der Waals surface area contributed by atoms with Gasteiger partial charge in [-0.05, 0) is 66.4 Å². The number of aryl methyl sites for hydroxylation is 2. The first-order chi connectivity index (χ1) is 13.1. The molecule has 0 spiro atoms. The maximum absolute atomic E-state index is 12.6. The van der Waals surface area contributed by atoms with E-state index in [0.29, 0.717) is 11.1 Å². The van der Waals surface area contributed by atoms with Crippen LogP contribution < -0.4 is 5.73 Å². The monoisotopic (exact) mass is 380 g/mol. The van der Waals surface area contributed by atoms with Crippen LogP contribution in [0.1, 0.15) is 43.0 Å². The molecule has 0 saturated heterocycles. The van der Waals surface area contributed by atoms with E-state index in [1.807, 2.05) is 0 Å². The Kier molecular flexibility index (Phi) is 6.36. The van der Waals surface area contributed by atoms with E-state index in [1.54, 1.807) is 46.2 Å². The van der Waals surface area contributed by atoms with E-state index in [4.69, 9.17) is 5.73 Å². The highest BCUT2D eigenvalue weighted by Gasteiger charge is 2.15. The minimum absolute atomic E-state index is 0.0214. The molecule has 0 aliphatic rings. The molecule has 0 aliphatic carbocycles. The lowest BCUT2D eigenvalue weighted by Gasteiger charge is -2.12. The third-order valence-electron chi connectivity index (χ3n) is 4.44. The SMILES string of the molecule is Cc1cc(C=CC(=O)c2ccc(C(N)=O)c(CC(=O)N(C)C)c2)cc(C)c1O. The number of phenols is 1. The van der Waals surface area contributed by atoms with Gasteiger partial charge in [-0.2, -0.15) is 0 Å². The van der Waals surface area contributed by atoms with Gasteiger partial charge in [0, 0.05) is 25.2 Å². The second-order valence-electron chi connectivity index (χ2n) is 6.90. The third-order valence-corrected chi connectivity index (χ3v) is 4.44. The minimum Gasteiger partial charge on any atom is -0.507 e. The summed E-state index contributed by atoms with van der Waals surface area (Å²) in [5, 5.41) is 9.84. The molecular weight excluding hydrogens is 356 g/mol. The molecule has 0 aliphatic heterocycles. The Balaban J connectivity index is 2.32. The largest absolute Gasteiger partial charge is 0.507 e. The summed E-state index contributed by atoms with van der Waals surface area (Å²) in [5.74, 6) is -0.873. The highest BCUT2D eigenvalue weighted by molar-refractivity contribution is 6.08. The summed E-state index contributed by atoms with van der Waals surface area (Å²) in [4.78, 5) is 37.6. The van der Waals surface area contributed by atoms with Gasteiger partial charge in [-0.25, -0.2) is 0 Å². The van der Waals surface area contributed by atoms with Gasteiger partial charge in [0.2, 0.25) is 11.8 Å². The Morgan fingerprint density at radius 3 is 2.21 bits per heavy atom. The fourth-order valence-corrected chi connectivity index (χ4v) is 2.81. The fraction of sp³-hybridized carbons (Fsp3) is 0.227. The van der Waals surface area contributed by atoms with Crippen LogP contribution >= 0.6 is 0 Å². The van der Waals surface area contributed by atoms with E-state index in [2.05, 4.69) is 0 Å². The van der Waals surface area contributed by atoms with Crippen LogP contribution in [0, 0.1) is 13.8 Å². The summed E-state index contributed by atoms with van der Waals surface area (Å²) in [6, 6.07) is 8.08. The molecule has 6 heteroatoms. The number of hydrogen-bond acceptors (Lipinski definition) is 4. The lowest BCUT2D eigenvalue weighted by atomic mass is 9.98. The molecule has 3 N–H and O–H groups in total. The van der Waals surface area contributed by atoms with Crippen molar-refractivity contribution in [2.75, 3.05) is 14.1 Å². The standard InChI is InChI=1S/C22H24N2O4/c1-13-9-15(10-14(2)21(13)27)5-8-19(25)16-6-7-18(22(23)28)17(11-16)12-20(26)24(3)4/h5-11,27H,12H2,1-4H3,(H2,23,28). The van der Waals surface area contributed by atoms with Crippen molar-refractivity contribution in [3.8, 4) is 5.75 Å². The molecule has 2 aromatic carbocycles. The zero-order valence-corrected chi connectivity index (χ0v) is 16.4. The number of nitrogens with two attached hydrogens (primary N) is 1. The van der Waals surface area contributed by atoms with E-state index in [1.165, 1.54) is 29.2 Å². The predicted octanol–water partition coefficient (Wildman–Crippen LogP) is 2.63. The topological polar surface area (TPSA) is 101 Å². The van der Waals surface area contributed by atoms with E-state index in [-0.39, 0.29) is 29.4 Å². The smallest absolute Gasteiger partial charge is 0.248 e. The molecule has 0 unspecified atom stereocenters. The maximum atomic E-state index is 12.6. The van der Waals surface area contributed by atoms with Crippen LogP contribution in [0.5, 0.6) is 5.75 Å². The second-order valence-corrected chi connectivity index (χ2v) is 6.90. The first-order valence-corrected chi connectivity index (χ1v) is 8.75. The van der Waals surface area contributed by atoms with Crippen molar-refractivity contribution in [2.45, 2.75) is 20.3 Å². The number of benzene rings is 2. The van der Waals surface area contributed by atoms with Crippen LogP contribution in [0.15, 0.2) is 36.4 Å². The highest BCUT2D eigenvalue weighted by Crippen LogP contribution is 2.23. The summed E-state index contributed by atoms with van der Waals surface area (Å²) in [5.41, 5.74) is 8.62. The average molecular weight is 380 g/mol. The first kappa shape index (κ1) is 20.9. The fourth-order valence-electron chi connectivity index (χ4n) is 2.81. The van der Waals surface area contributed by atoms with Gasteiger partial charge in [-0.15, -0.1) is 0 Å². The van der Waals surface area contributed by atoms with Crippen LogP contribution in [0.2, 0.25) is 0 Å². The molecule has 0 fully saturated rings. The summed E-state index contributed by atoms with van der Waals surface area (Å²) < 4.78 is 0. The number of nitrogens with zero attached hydrogens (tertiary/aromatic N) is 1. The van der Waals surface area contributed by atoms with Crippen molar-refractivity contribution in [2.24, 2.45) is 5.73 Å². The van der Waals surface area contributed by atoms with Crippen molar-refractivity contribution in [3.63, 3.8) is 0 Å². The molecule has 0 saturated carbocycles. The first-order valence-electron chi connectivity index (χ1n) is 8.75. The summed E-state index contributed by atoms with van der Waals surface area (Å²) in [6.07, 6.45) is 3.06. The van der Waals surface area contributed by atoms with Gasteiger partial charge >= 0.3 is 0 Å². The van der Waals surface area contributed by atoms with Crippen molar-refractivity contribution in [1.82, 2.24) is 4.90 Å². The number of allylic oxidation sites excluding steroid dienone is 1. The number of rotatable bonds is 6. The Labute approximate surface area is 164 Å². The Hall–Kier alpha value is -3.41. The third kappa shape index (κ3) is 4.85. The Bertz CT molecular complexity index is 951. The van der Waals surface area contributed by atoms with Crippen molar-refractivity contribution in [1.29, 1.82) is 0 Å². The van der Waals surface area contributed by atoms with Gasteiger partial charge in [0.1, 0.15) is 5.75 Å². The van der Waals surface area contributed by atoms with Crippen LogP contribution in [0.25, 0.3) is 6.08 Å². The molecule has 0 radical (unpaired) electrons. The van der Waals surface area contributed by atoms with E-state index in [0.717, 1.165) is 16.7 Å². The molecule has 2 rings (SSSR count). The second kappa shape index (κ2) is 8.52.